The molecule has 4 heteroatoms. The van der Waals surface area contributed by atoms with Crippen molar-refractivity contribution in [2.45, 2.75) is 17.7 Å². The van der Waals surface area contributed by atoms with Crippen molar-refractivity contribution in [3.63, 3.8) is 0 Å². The fourth-order valence-electron chi connectivity index (χ4n) is 2.41. The van der Waals surface area contributed by atoms with Crippen LogP contribution in [-0.4, -0.2) is 21.7 Å². The number of hydrogen-bond acceptors (Lipinski definition) is 2. The SMILES string of the molecule is O=C(O)[C@H]1[C@H]2CC(=O)[C@H]1C[C@@H]2Br. The lowest BCUT2D eigenvalue weighted by Crippen LogP contribution is -2.20. The minimum atomic E-state index is -0.808. The molecule has 4 atom stereocenters. The summed E-state index contributed by atoms with van der Waals surface area (Å²) in [5.41, 5.74) is 0. The van der Waals surface area contributed by atoms with Crippen LogP contribution >= 0.6 is 15.9 Å². The van der Waals surface area contributed by atoms with Crippen molar-refractivity contribution in [1.29, 1.82) is 0 Å². The van der Waals surface area contributed by atoms with E-state index in [1.165, 1.54) is 0 Å². The summed E-state index contributed by atoms with van der Waals surface area (Å²) in [4.78, 5) is 22.2. The summed E-state index contributed by atoms with van der Waals surface area (Å²) < 4.78 is 0. The van der Waals surface area contributed by atoms with Gasteiger partial charge in [0.25, 0.3) is 0 Å². The Balaban J connectivity index is 2.28. The number of hydrogen-bond donors (Lipinski definition) is 1. The van der Waals surface area contributed by atoms with E-state index in [9.17, 15) is 9.59 Å². The lowest BCUT2D eigenvalue weighted by atomic mass is 9.98. The molecule has 0 spiro atoms. The summed E-state index contributed by atoms with van der Waals surface area (Å²) in [5, 5.41) is 8.86. The molecule has 1 N–H and O–H groups in total. The van der Waals surface area contributed by atoms with Crippen molar-refractivity contribution in [3.05, 3.63) is 0 Å². The fourth-order valence-corrected chi connectivity index (χ4v) is 3.33. The van der Waals surface area contributed by atoms with Crippen LogP contribution in [0.2, 0.25) is 0 Å². The highest BCUT2D eigenvalue weighted by atomic mass is 79.9. The standard InChI is InChI=1S/C8H9BrO3/c9-5-1-4-6(10)2-3(5)7(4)8(11)12/h3-5,7H,1-2H2,(H,11,12)/t3-,4+,5-,7-/m0/s1. The van der Waals surface area contributed by atoms with Gasteiger partial charge in [-0.1, -0.05) is 15.9 Å². The van der Waals surface area contributed by atoms with E-state index in [4.69, 9.17) is 5.11 Å². The number of aliphatic carboxylic acids is 1. The van der Waals surface area contributed by atoms with E-state index in [1.807, 2.05) is 0 Å². The Morgan fingerprint density at radius 2 is 2.25 bits per heavy atom. The monoisotopic (exact) mass is 232 g/mol. The van der Waals surface area contributed by atoms with Crippen LogP contribution in [0.3, 0.4) is 0 Å². The lowest BCUT2D eigenvalue weighted by Gasteiger charge is -2.13. The second kappa shape index (κ2) is 2.55. The fraction of sp³-hybridized carbons (Fsp3) is 0.750. The molecule has 66 valence electrons. The van der Waals surface area contributed by atoms with Crippen LogP contribution in [0.1, 0.15) is 12.8 Å². The zero-order chi connectivity index (χ0) is 8.88. The van der Waals surface area contributed by atoms with Gasteiger partial charge in [0.05, 0.1) is 5.92 Å². The number of ketones is 1. The van der Waals surface area contributed by atoms with Gasteiger partial charge in [-0.25, -0.2) is 0 Å². The van der Waals surface area contributed by atoms with Crippen molar-refractivity contribution in [3.8, 4) is 0 Å². The van der Waals surface area contributed by atoms with E-state index < -0.39 is 11.9 Å². The Kier molecular flexibility index (Phi) is 1.75. The zero-order valence-electron chi connectivity index (χ0n) is 6.37. The van der Waals surface area contributed by atoms with E-state index in [0.29, 0.717) is 12.8 Å². The van der Waals surface area contributed by atoms with Crippen molar-refractivity contribution in [2.75, 3.05) is 0 Å². The summed E-state index contributed by atoms with van der Waals surface area (Å²) in [6.45, 7) is 0. The molecule has 0 aromatic rings. The molecule has 0 aromatic heterocycles. The molecule has 12 heavy (non-hydrogen) atoms. The maximum absolute atomic E-state index is 11.2. The van der Waals surface area contributed by atoms with Gasteiger partial charge in [-0.15, -0.1) is 0 Å². The zero-order valence-corrected chi connectivity index (χ0v) is 7.95. The molecular weight excluding hydrogens is 224 g/mol. The molecule has 2 aliphatic rings. The predicted molar refractivity (Wildman–Crippen MR) is 45.1 cm³/mol. The van der Waals surface area contributed by atoms with Gasteiger partial charge in [-0.05, 0) is 12.3 Å². The quantitative estimate of drug-likeness (QED) is 0.689. The molecule has 2 fully saturated rings. The summed E-state index contributed by atoms with van der Waals surface area (Å²) in [6, 6.07) is 0. The number of carboxylic acid groups (broad SMARTS) is 1. The van der Waals surface area contributed by atoms with Crippen LogP contribution in [0, 0.1) is 17.8 Å². The first-order chi connectivity index (χ1) is 5.61. The van der Waals surface area contributed by atoms with E-state index >= 15 is 0 Å². The molecule has 0 saturated heterocycles. The molecule has 2 saturated carbocycles. The van der Waals surface area contributed by atoms with Crippen LogP contribution in [0.15, 0.2) is 0 Å². The Morgan fingerprint density at radius 1 is 1.58 bits per heavy atom. The van der Waals surface area contributed by atoms with Crippen LogP contribution < -0.4 is 0 Å². The number of alkyl halides is 1. The highest BCUT2D eigenvalue weighted by Gasteiger charge is 2.55. The maximum atomic E-state index is 11.2. The van der Waals surface area contributed by atoms with E-state index in [1.54, 1.807) is 0 Å². The molecule has 0 radical (unpaired) electrons. The molecule has 0 heterocycles. The van der Waals surface area contributed by atoms with E-state index in [-0.39, 0.29) is 22.4 Å². The van der Waals surface area contributed by atoms with E-state index in [2.05, 4.69) is 15.9 Å². The second-order valence-corrected chi connectivity index (χ2v) is 4.73. The lowest BCUT2D eigenvalue weighted by molar-refractivity contribution is -0.144. The average molecular weight is 233 g/mol. The number of carbonyl (C=O) groups excluding carboxylic acids is 1. The molecule has 0 amide bonds. The summed E-state index contributed by atoms with van der Waals surface area (Å²) in [6.07, 6.45) is 1.16. The Bertz CT molecular complexity index is 251. The largest absolute Gasteiger partial charge is 0.481 e. The van der Waals surface area contributed by atoms with Gasteiger partial charge in [-0.3, -0.25) is 9.59 Å². The molecule has 0 unspecified atom stereocenters. The summed E-state index contributed by atoms with van der Waals surface area (Å²) in [5.74, 6) is -1.25. The minimum Gasteiger partial charge on any atom is -0.481 e. The smallest absolute Gasteiger partial charge is 0.307 e. The van der Waals surface area contributed by atoms with Crippen LogP contribution in [0.25, 0.3) is 0 Å². The highest BCUT2D eigenvalue weighted by molar-refractivity contribution is 9.09. The first-order valence-electron chi connectivity index (χ1n) is 4.01. The Hall–Kier alpha value is -0.380. The molecule has 0 aromatic carbocycles. The van der Waals surface area contributed by atoms with Gasteiger partial charge < -0.3 is 5.11 Å². The molecule has 3 nitrogen and oxygen atoms in total. The normalized spacial score (nSPS) is 45.2. The first kappa shape index (κ1) is 8.23. The molecule has 2 rings (SSSR count). The number of rotatable bonds is 1. The molecular formula is C8H9BrO3. The first-order valence-corrected chi connectivity index (χ1v) is 4.92. The molecule has 0 aliphatic heterocycles. The van der Waals surface area contributed by atoms with Crippen molar-refractivity contribution in [1.82, 2.24) is 0 Å². The topological polar surface area (TPSA) is 54.4 Å². The number of carboxylic acids is 1. The maximum Gasteiger partial charge on any atom is 0.307 e. The Morgan fingerprint density at radius 3 is 2.58 bits per heavy atom. The van der Waals surface area contributed by atoms with Gasteiger partial charge in [0.1, 0.15) is 5.78 Å². The summed E-state index contributed by atoms with van der Waals surface area (Å²) >= 11 is 3.42. The van der Waals surface area contributed by atoms with Crippen molar-refractivity contribution < 1.29 is 14.7 Å². The van der Waals surface area contributed by atoms with E-state index in [0.717, 1.165) is 0 Å². The molecule has 2 aliphatic carbocycles. The van der Waals surface area contributed by atoms with Gasteiger partial charge in [0.2, 0.25) is 0 Å². The van der Waals surface area contributed by atoms with Crippen molar-refractivity contribution in [2.24, 2.45) is 17.8 Å². The van der Waals surface area contributed by atoms with Gasteiger partial charge in [0, 0.05) is 17.2 Å². The van der Waals surface area contributed by atoms with Gasteiger partial charge in [0.15, 0.2) is 0 Å². The van der Waals surface area contributed by atoms with Crippen LogP contribution in [0.4, 0.5) is 0 Å². The van der Waals surface area contributed by atoms with Gasteiger partial charge in [-0.2, -0.15) is 0 Å². The van der Waals surface area contributed by atoms with Crippen LogP contribution in [-0.2, 0) is 9.59 Å². The summed E-state index contributed by atoms with van der Waals surface area (Å²) in [7, 11) is 0. The second-order valence-electron chi connectivity index (χ2n) is 3.56. The van der Waals surface area contributed by atoms with Gasteiger partial charge >= 0.3 is 5.97 Å². The average Bonchev–Trinajstić information content (AvgIpc) is 2.41. The third-order valence-corrected chi connectivity index (χ3v) is 4.03. The van der Waals surface area contributed by atoms with Crippen LogP contribution in [0.5, 0.6) is 0 Å². The number of fused-ring (bicyclic) bond motifs is 2. The highest BCUT2D eigenvalue weighted by Crippen LogP contribution is 2.50. The Labute approximate surface area is 78.3 Å². The third-order valence-electron chi connectivity index (χ3n) is 2.97. The number of halogens is 1. The third kappa shape index (κ3) is 0.937. The number of Topliss-reactive ketones (excluding diaryl/α,β-unsaturated/α-hetero) is 1. The number of carbonyl (C=O) groups is 2. The minimum absolute atomic E-state index is 0.0417. The predicted octanol–water partition coefficient (Wildman–Crippen LogP) is 1.06. The molecule has 2 bridgehead atoms. The van der Waals surface area contributed by atoms with Crippen molar-refractivity contribution >= 4 is 27.7 Å².